The average Bonchev–Trinajstić information content (AvgIpc) is 3.75. The third kappa shape index (κ3) is 6.80. The number of amides is 2. The molecule has 5 aromatic rings. The van der Waals surface area contributed by atoms with E-state index in [2.05, 4.69) is 20.2 Å². The first kappa shape index (κ1) is 35.3. The molecular weight excluding hydrogens is 702 g/mol. The monoisotopic (exact) mass is 735 g/mol. The molecule has 3 aliphatic heterocycles. The molecule has 0 saturated carbocycles. The van der Waals surface area contributed by atoms with Gasteiger partial charge in [0, 0.05) is 74.4 Å². The number of anilines is 5. The number of ether oxygens (including phenoxy) is 1. The highest BCUT2D eigenvalue weighted by molar-refractivity contribution is 6.36. The molecule has 0 spiro atoms. The Balaban J connectivity index is 0.000000180. The number of pyridine rings is 3. The maximum absolute atomic E-state index is 14.9. The number of carbonyl (C=O) groups excluding carboxylic acids is 2. The number of benzene rings is 2. The lowest BCUT2D eigenvalue weighted by molar-refractivity contribution is -0.117. The maximum atomic E-state index is 14.9. The van der Waals surface area contributed by atoms with Gasteiger partial charge in [-0.15, -0.1) is 0 Å². The molecule has 0 aliphatic carbocycles. The van der Waals surface area contributed by atoms with E-state index < -0.39 is 23.3 Å². The fourth-order valence-corrected chi connectivity index (χ4v) is 7.03. The molecule has 10 nitrogen and oxygen atoms in total. The van der Waals surface area contributed by atoms with E-state index in [0.29, 0.717) is 73.4 Å². The number of aromatic nitrogens is 3. The highest BCUT2D eigenvalue weighted by Gasteiger charge is 2.29. The van der Waals surface area contributed by atoms with Crippen LogP contribution in [0.1, 0.15) is 36.8 Å². The van der Waals surface area contributed by atoms with Gasteiger partial charge < -0.3 is 15.0 Å². The van der Waals surface area contributed by atoms with Gasteiger partial charge in [-0.05, 0) is 38.8 Å². The fraction of sp³-hybridized carbons (Fsp3) is 0.324. The van der Waals surface area contributed by atoms with Crippen LogP contribution in [0.4, 0.5) is 46.5 Å². The van der Waals surface area contributed by atoms with Crippen LogP contribution in [-0.2, 0) is 14.3 Å². The minimum absolute atomic E-state index is 0.0461. The molecule has 3 saturated heterocycles. The minimum atomic E-state index is -0.750. The third-order valence-corrected chi connectivity index (χ3v) is 9.82. The molecule has 0 radical (unpaired) electrons. The Bertz CT molecular complexity index is 2230. The molecule has 270 valence electrons. The lowest BCUT2D eigenvalue weighted by atomic mass is 10.1. The Morgan fingerprint density at radius 3 is 1.87 bits per heavy atom. The van der Waals surface area contributed by atoms with E-state index in [1.165, 1.54) is 11.0 Å². The van der Waals surface area contributed by atoms with Crippen LogP contribution in [0.2, 0.25) is 5.02 Å². The molecule has 15 heteroatoms. The minimum Gasteiger partial charge on any atom is -0.378 e. The van der Waals surface area contributed by atoms with Crippen LogP contribution in [0.5, 0.6) is 0 Å². The Kier molecular flexibility index (Phi) is 9.86. The van der Waals surface area contributed by atoms with Gasteiger partial charge in [0.25, 0.3) is 0 Å². The first-order valence-corrected chi connectivity index (χ1v) is 17.3. The number of halogens is 5. The first-order valence-electron chi connectivity index (χ1n) is 16.9. The number of hydrogen-bond donors (Lipinski definition) is 1. The highest BCUT2D eigenvalue weighted by Crippen LogP contribution is 2.38. The molecule has 8 rings (SSSR count). The van der Waals surface area contributed by atoms with Crippen molar-refractivity contribution in [2.75, 3.05) is 59.4 Å². The van der Waals surface area contributed by atoms with Crippen LogP contribution >= 0.6 is 11.6 Å². The molecule has 52 heavy (non-hydrogen) atoms. The van der Waals surface area contributed by atoms with Crippen LogP contribution in [0.3, 0.4) is 0 Å². The number of carbonyl (C=O) groups is 2. The van der Waals surface area contributed by atoms with Gasteiger partial charge >= 0.3 is 0 Å². The largest absolute Gasteiger partial charge is 0.378 e. The zero-order valence-electron chi connectivity index (χ0n) is 28.4. The average molecular weight is 736 g/mol. The van der Waals surface area contributed by atoms with E-state index in [0.717, 1.165) is 49.9 Å². The molecule has 2 amide bonds. The van der Waals surface area contributed by atoms with E-state index in [1.807, 2.05) is 12.1 Å². The Morgan fingerprint density at radius 1 is 0.731 bits per heavy atom. The normalized spacial score (nSPS) is 16.2. The van der Waals surface area contributed by atoms with E-state index in [-0.39, 0.29) is 38.6 Å². The van der Waals surface area contributed by atoms with Crippen LogP contribution in [0.15, 0.2) is 42.5 Å². The zero-order valence-corrected chi connectivity index (χ0v) is 29.2. The third-order valence-electron chi connectivity index (χ3n) is 9.35. The lowest BCUT2D eigenvalue weighted by Crippen LogP contribution is -2.36. The molecule has 3 aromatic heterocycles. The smallest absolute Gasteiger partial charge is 0.228 e. The maximum Gasteiger partial charge on any atom is 0.228 e. The Morgan fingerprint density at radius 2 is 1.29 bits per heavy atom. The molecule has 6 heterocycles. The quantitative estimate of drug-likeness (QED) is 0.185. The van der Waals surface area contributed by atoms with E-state index in [4.69, 9.17) is 21.3 Å². The number of morpholine rings is 1. The van der Waals surface area contributed by atoms with Gasteiger partial charge in [-0.1, -0.05) is 17.7 Å². The van der Waals surface area contributed by atoms with Crippen LogP contribution < -0.4 is 20.0 Å². The van der Waals surface area contributed by atoms with Crippen molar-refractivity contribution in [2.45, 2.75) is 39.5 Å². The standard InChI is InChI=1S/C23H23F2N5O2.C14H11ClF2N2O/c1-14-22(28-18-4-2-5-19(27-18)29-8-10-32-11-9-29)21-16(25)12-15(24)13-17(21)26-23(14)30-7-3-6-20(30)31;1-7-13(15)12-9(17)5-8(16)6-10(12)18-14(7)19-4-2-3-11(19)20/h2,4-5,12-13H,3,6-11H2,1H3,(H,26,27,28);5-6H,2-4H2,1H3. The summed E-state index contributed by atoms with van der Waals surface area (Å²) in [6.07, 6.45) is 2.35. The molecule has 0 bridgehead atoms. The van der Waals surface area contributed by atoms with Gasteiger partial charge in [0.05, 0.1) is 45.7 Å². The summed E-state index contributed by atoms with van der Waals surface area (Å²) in [5, 5.41) is 3.64. The number of hydrogen-bond acceptors (Lipinski definition) is 8. The van der Waals surface area contributed by atoms with Gasteiger partial charge in [-0.2, -0.15) is 0 Å². The van der Waals surface area contributed by atoms with E-state index >= 15 is 0 Å². The number of nitrogens with one attached hydrogen (secondary N) is 1. The second kappa shape index (κ2) is 14.5. The topological polar surface area (TPSA) is 104 Å². The first-order chi connectivity index (χ1) is 25.0. The number of nitrogens with zero attached hydrogens (tertiary/aromatic N) is 6. The summed E-state index contributed by atoms with van der Waals surface area (Å²) in [6, 6.07) is 9.50. The van der Waals surface area contributed by atoms with Crippen molar-refractivity contribution in [2.24, 2.45) is 0 Å². The summed E-state index contributed by atoms with van der Waals surface area (Å²) in [6.45, 7) is 7.29. The Hall–Kier alpha value is -5.08. The van der Waals surface area contributed by atoms with Crippen LogP contribution in [0.25, 0.3) is 21.8 Å². The highest BCUT2D eigenvalue weighted by atomic mass is 35.5. The molecule has 3 aliphatic rings. The second-order valence-electron chi connectivity index (χ2n) is 12.8. The van der Waals surface area contributed by atoms with Crippen molar-refractivity contribution in [3.8, 4) is 0 Å². The number of rotatable bonds is 5. The molecular formula is C37H34ClF4N7O3. The van der Waals surface area contributed by atoms with Gasteiger partial charge in [-0.25, -0.2) is 32.5 Å². The van der Waals surface area contributed by atoms with Gasteiger partial charge in [0.1, 0.15) is 46.5 Å². The van der Waals surface area contributed by atoms with Crippen molar-refractivity contribution in [1.82, 2.24) is 15.0 Å². The van der Waals surface area contributed by atoms with Crippen LogP contribution in [0, 0.1) is 37.1 Å². The van der Waals surface area contributed by atoms with Gasteiger partial charge in [0.15, 0.2) is 0 Å². The summed E-state index contributed by atoms with van der Waals surface area (Å²) in [5.74, 6) is -0.899. The zero-order chi connectivity index (χ0) is 36.7. The second-order valence-corrected chi connectivity index (χ2v) is 13.2. The SMILES string of the molecule is Cc1c(N2CCCC2=O)nc2cc(F)cc(F)c2c1Cl.Cc1c(N2CCCC2=O)nc2cc(F)cc(F)c2c1Nc1cccc(N2CCOCC2)n1. The summed E-state index contributed by atoms with van der Waals surface area (Å²) in [4.78, 5) is 42.8. The van der Waals surface area contributed by atoms with Crippen molar-refractivity contribution < 1.29 is 31.9 Å². The van der Waals surface area contributed by atoms with Gasteiger partial charge in [0.2, 0.25) is 11.8 Å². The van der Waals surface area contributed by atoms with Crippen molar-refractivity contribution in [1.29, 1.82) is 0 Å². The fourth-order valence-electron chi connectivity index (χ4n) is 6.76. The summed E-state index contributed by atoms with van der Waals surface area (Å²) >= 11 is 6.17. The Labute approximate surface area is 301 Å². The van der Waals surface area contributed by atoms with E-state index in [1.54, 1.807) is 24.8 Å². The van der Waals surface area contributed by atoms with Crippen molar-refractivity contribution in [3.63, 3.8) is 0 Å². The van der Waals surface area contributed by atoms with Crippen LogP contribution in [-0.4, -0.2) is 66.2 Å². The van der Waals surface area contributed by atoms with Crippen molar-refractivity contribution in [3.05, 3.63) is 81.9 Å². The lowest BCUT2D eigenvalue weighted by Gasteiger charge is -2.28. The summed E-state index contributed by atoms with van der Waals surface area (Å²) in [5.41, 5.74) is 1.83. The molecule has 0 unspecified atom stereocenters. The van der Waals surface area contributed by atoms with E-state index in [9.17, 15) is 27.2 Å². The summed E-state index contributed by atoms with van der Waals surface area (Å²) in [7, 11) is 0. The summed E-state index contributed by atoms with van der Waals surface area (Å²) < 4.78 is 61.4. The molecule has 2 aromatic carbocycles. The van der Waals surface area contributed by atoms with Crippen molar-refractivity contribution >= 4 is 74.2 Å². The predicted octanol–water partition coefficient (Wildman–Crippen LogP) is 7.53. The molecule has 0 atom stereocenters. The predicted molar refractivity (Wildman–Crippen MR) is 192 cm³/mol. The molecule has 3 fully saturated rings. The van der Waals surface area contributed by atoms with Gasteiger partial charge in [-0.3, -0.25) is 19.4 Å². The number of fused-ring (bicyclic) bond motifs is 2. The molecule has 1 N–H and O–H groups in total.